The average Bonchev–Trinajstić information content (AvgIpc) is 2.37. The van der Waals surface area contributed by atoms with Gasteiger partial charge in [-0.3, -0.25) is 4.79 Å². The molecule has 0 amide bonds. The number of hydrogen-bond donors (Lipinski definition) is 0. The molecule has 106 valence electrons. The monoisotopic (exact) mass is 282 g/mol. The van der Waals surface area contributed by atoms with Gasteiger partial charge in [0, 0.05) is 0 Å². The van der Waals surface area contributed by atoms with Crippen LogP contribution in [0, 0.1) is 13.8 Å². The minimum atomic E-state index is 0.120. The van der Waals surface area contributed by atoms with Crippen LogP contribution in [0.15, 0.2) is 6.07 Å². The fourth-order valence-electron chi connectivity index (χ4n) is 2.08. The Morgan fingerprint density at radius 1 is 1.21 bits per heavy atom. The van der Waals surface area contributed by atoms with Crippen LogP contribution in [0.2, 0.25) is 0 Å². The quantitative estimate of drug-likeness (QED) is 0.741. The number of hydrogen-bond acceptors (Lipinski definition) is 3. The Kier molecular flexibility index (Phi) is 5.81. The van der Waals surface area contributed by atoms with E-state index in [-0.39, 0.29) is 14.1 Å². The lowest BCUT2D eigenvalue weighted by atomic mass is 10.0. The van der Waals surface area contributed by atoms with Gasteiger partial charge in [-0.15, -0.1) is 0 Å². The molecule has 1 rings (SSSR count). The van der Waals surface area contributed by atoms with Crippen molar-refractivity contribution in [3.63, 3.8) is 0 Å². The molecule has 0 aromatic heterocycles. The Morgan fingerprint density at radius 3 is 2.05 bits per heavy atom. The molecule has 2 atom stereocenters. The topological polar surface area (TPSA) is 35.5 Å². The summed E-state index contributed by atoms with van der Waals surface area (Å²) < 4.78 is 10.8. The van der Waals surface area contributed by atoms with Crippen molar-refractivity contribution in [2.75, 3.05) is 14.2 Å². The van der Waals surface area contributed by atoms with E-state index in [0.29, 0.717) is 22.7 Å². The molecule has 0 saturated heterocycles. The van der Waals surface area contributed by atoms with Crippen LogP contribution in [-0.2, 0) is 0 Å². The van der Waals surface area contributed by atoms with E-state index in [4.69, 9.17) is 9.47 Å². The van der Waals surface area contributed by atoms with Gasteiger partial charge in [0.05, 0.1) is 14.2 Å². The van der Waals surface area contributed by atoms with Crippen molar-refractivity contribution in [3.8, 4) is 11.5 Å². The van der Waals surface area contributed by atoms with E-state index < -0.39 is 0 Å². The van der Waals surface area contributed by atoms with Crippen molar-refractivity contribution < 1.29 is 14.3 Å². The Bertz CT molecular complexity index is 441. The summed E-state index contributed by atoms with van der Waals surface area (Å²) in [5, 5.41) is 0. The highest BCUT2D eigenvalue weighted by Crippen LogP contribution is 2.40. The molecule has 0 heterocycles. The lowest BCUT2D eigenvalue weighted by molar-refractivity contribution is 0.107. The molecule has 0 saturated carbocycles. The molecule has 0 fully saturated rings. The first-order chi connectivity index (χ1) is 8.96. The molecule has 0 N–H and O–H groups in total. The number of rotatable bonds is 6. The third-order valence-electron chi connectivity index (χ3n) is 3.23. The van der Waals surface area contributed by atoms with Crippen LogP contribution in [-0.4, -0.2) is 25.4 Å². The molecule has 1 aromatic carbocycles. The number of carbonyl (C=O) groups is 1. The summed E-state index contributed by atoms with van der Waals surface area (Å²) in [6.07, 6.45) is 1.000. The molecule has 2 unspecified atom stereocenters. The summed E-state index contributed by atoms with van der Waals surface area (Å²) in [6, 6.07) is 1.99. The largest absolute Gasteiger partial charge is 0.496 e. The molecular formula is C15H23O3P. The Balaban J connectivity index is 3.33. The zero-order chi connectivity index (χ0) is 14.6. The summed E-state index contributed by atoms with van der Waals surface area (Å²) in [4.78, 5) is 12.5. The number of benzene rings is 1. The normalized spacial score (nSPS) is 12.7. The van der Waals surface area contributed by atoms with Crippen LogP contribution in [0.5, 0.6) is 11.5 Å². The summed E-state index contributed by atoms with van der Waals surface area (Å²) in [5.74, 6) is 1.28. The van der Waals surface area contributed by atoms with Gasteiger partial charge in [-0.05, 0) is 51.7 Å². The second-order valence-corrected chi connectivity index (χ2v) is 6.46. The fourth-order valence-corrected chi connectivity index (χ4v) is 3.11. The number of methoxy groups -OCH3 is 2. The fraction of sp³-hybridized carbons (Fsp3) is 0.533. The highest BCUT2D eigenvalue weighted by atomic mass is 31.1. The van der Waals surface area contributed by atoms with Crippen molar-refractivity contribution in [2.45, 2.75) is 39.8 Å². The number of ether oxygens (including phenoxy) is 2. The molecule has 0 aliphatic rings. The maximum atomic E-state index is 12.5. The molecule has 0 radical (unpaired) electrons. The summed E-state index contributed by atoms with van der Waals surface area (Å²) >= 11 is 0. The van der Waals surface area contributed by atoms with E-state index in [1.165, 1.54) is 0 Å². The minimum absolute atomic E-state index is 0.120. The van der Waals surface area contributed by atoms with E-state index in [9.17, 15) is 4.79 Å². The molecule has 19 heavy (non-hydrogen) atoms. The molecule has 0 aliphatic carbocycles. The van der Waals surface area contributed by atoms with Crippen molar-refractivity contribution >= 4 is 14.1 Å². The lowest BCUT2D eigenvalue weighted by Crippen LogP contribution is -2.07. The second kappa shape index (κ2) is 6.91. The maximum Gasteiger partial charge on any atom is 0.188 e. The van der Waals surface area contributed by atoms with Gasteiger partial charge in [-0.2, -0.15) is 0 Å². The molecule has 0 bridgehead atoms. The zero-order valence-corrected chi connectivity index (χ0v) is 13.6. The second-order valence-electron chi connectivity index (χ2n) is 4.73. The summed E-state index contributed by atoms with van der Waals surface area (Å²) in [7, 11) is 3.44. The predicted molar refractivity (Wildman–Crippen MR) is 81.4 cm³/mol. The van der Waals surface area contributed by atoms with E-state index in [1.54, 1.807) is 14.2 Å². The van der Waals surface area contributed by atoms with E-state index in [2.05, 4.69) is 13.8 Å². The van der Waals surface area contributed by atoms with Gasteiger partial charge >= 0.3 is 0 Å². The Labute approximate surface area is 117 Å². The first kappa shape index (κ1) is 16.0. The average molecular weight is 282 g/mol. The van der Waals surface area contributed by atoms with Gasteiger partial charge in [-0.25, -0.2) is 0 Å². The van der Waals surface area contributed by atoms with Gasteiger partial charge in [0.25, 0.3) is 0 Å². The number of aryl methyl sites for hydroxylation is 2. The van der Waals surface area contributed by atoms with Gasteiger partial charge in [0.1, 0.15) is 17.1 Å². The van der Waals surface area contributed by atoms with Crippen LogP contribution < -0.4 is 9.47 Å². The smallest absolute Gasteiger partial charge is 0.188 e. The first-order valence-electron chi connectivity index (χ1n) is 6.49. The van der Waals surface area contributed by atoms with Gasteiger partial charge in [-0.1, -0.05) is 13.8 Å². The Hall–Kier alpha value is -1.08. The van der Waals surface area contributed by atoms with Gasteiger partial charge in [0.2, 0.25) is 0 Å². The predicted octanol–water partition coefficient (Wildman–Crippen LogP) is 3.94. The third-order valence-corrected chi connectivity index (χ3v) is 4.64. The van der Waals surface area contributed by atoms with Crippen LogP contribution in [0.4, 0.5) is 0 Å². The summed E-state index contributed by atoms with van der Waals surface area (Å²) in [6.45, 7) is 8.10. The molecule has 0 aliphatic heterocycles. The van der Waals surface area contributed by atoms with E-state index in [1.807, 2.05) is 19.9 Å². The number of carbonyl (C=O) groups excluding carboxylic acids is 1. The first-order valence-corrected chi connectivity index (χ1v) is 7.56. The Morgan fingerprint density at radius 2 is 1.68 bits per heavy atom. The molecule has 3 nitrogen and oxygen atoms in total. The standard InChI is InChI=1S/C15H23O3P/c1-7-11(4)19-15(16)12-13(17-5)9(2)8-10(3)14(12)18-6/h8,11,19H,7H2,1-6H3. The van der Waals surface area contributed by atoms with Crippen LogP contribution >= 0.6 is 8.58 Å². The molecule has 0 spiro atoms. The van der Waals surface area contributed by atoms with Crippen molar-refractivity contribution in [2.24, 2.45) is 0 Å². The molecule has 1 aromatic rings. The van der Waals surface area contributed by atoms with E-state index in [0.717, 1.165) is 17.5 Å². The van der Waals surface area contributed by atoms with Crippen molar-refractivity contribution in [1.82, 2.24) is 0 Å². The van der Waals surface area contributed by atoms with Gasteiger partial charge < -0.3 is 9.47 Å². The van der Waals surface area contributed by atoms with Crippen molar-refractivity contribution in [1.29, 1.82) is 0 Å². The SMILES string of the molecule is CCC(C)PC(=O)c1c(OC)c(C)cc(C)c1OC. The van der Waals surface area contributed by atoms with Crippen LogP contribution in [0.25, 0.3) is 0 Å². The zero-order valence-electron chi connectivity index (χ0n) is 12.6. The highest BCUT2D eigenvalue weighted by molar-refractivity contribution is 7.59. The van der Waals surface area contributed by atoms with Gasteiger partial charge in [0.15, 0.2) is 5.52 Å². The van der Waals surface area contributed by atoms with Crippen molar-refractivity contribution in [3.05, 3.63) is 22.8 Å². The lowest BCUT2D eigenvalue weighted by Gasteiger charge is -2.18. The summed E-state index contributed by atoms with van der Waals surface area (Å²) in [5.41, 5.74) is 3.05. The highest BCUT2D eigenvalue weighted by Gasteiger charge is 2.23. The molecular weight excluding hydrogens is 259 g/mol. The molecule has 4 heteroatoms. The maximum absolute atomic E-state index is 12.5. The van der Waals surface area contributed by atoms with Crippen LogP contribution in [0.3, 0.4) is 0 Å². The third kappa shape index (κ3) is 3.48. The minimum Gasteiger partial charge on any atom is -0.496 e. The van der Waals surface area contributed by atoms with E-state index >= 15 is 0 Å². The van der Waals surface area contributed by atoms with Crippen LogP contribution in [0.1, 0.15) is 41.8 Å².